The molecule has 0 heterocycles. The van der Waals surface area contributed by atoms with Crippen LogP contribution in [0.5, 0.6) is 0 Å². The number of carboxylic acids is 1. The van der Waals surface area contributed by atoms with Crippen molar-refractivity contribution in [2.75, 3.05) is 0 Å². The molecule has 1 aromatic rings. The van der Waals surface area contributed by atoms with Gasteiger partial charge in [-0.1, -0.05) is 18.2 Å². The van der Waals surface area contributed by atoms with Gasteiger partial charge in [0.1, 0.15) is 0 Å². The van der Waals surface area contributed by atoms with Crippen LogP contribution in [0.15, 0.2) is 24.3 Å². The van der Waals surface area contributed by atoms with E-state index in [2.05, 4.69) is 22.6 Å². The van der Waals surface area contributed by atoms with E-state index in [4.69, 9.17) is 5.11 Å². The lowest BCUT2D eigenvalue weighted by Crippen LogP contribution is -2.08. The minimum absolute atomic E-state index is 0.418. The predicted molar refractivity (Wildman–Crippen MR) is 55.2 cm³/mol. The number of hydrogen-bond acceptors (Lipinski definition) is 1. The Hall–Kier alpha value is -0.580. The molecule has 0 fully saturated rings. The van der Waals surface area contributed by atoms with Crippen molar-refractivity contribution in [2.24, 2.45) is 0 Å². The van der Waals surface area contributed by atoms with Crippen molar-refractivity contribution in [3.8, 4) is 0 Å². The molecule has 3 heteroatoms. The summed E-state index contributed by atoms with van der Waals surface area (Å²) in [7, 11) is 0. The molecule has 0 aromatic heterocycles. The molecule has 1 aromatic carbocycles. The van der Waals surface area contributed by atoms with Crippen molar-refractivity contribution in [3.63, 3.8) is 0 Å². The van der Waals surface area contributed by atoms with Crippen LogP contribution in [0.4, 0.5) is 0 Å². The van der Waals surface area contributed by atoms with Crippen LogP contribution in [0.25, 0.3) is 0 Å². The smallest absolute Gasteiger partial charge is 0.310 e. The third kappa shape index (κ3) is 1.97. The molecule has 12 heavy (non-hydrogen) atoms. The number of benzene rings is 1. The molecule has 0 radical (unpaired) electrons. The van der Waals surface area contributed by atoms with Crippen LogP contribution in [-0.4, -0.2) is 11.1 Å². The van der Waals surface area contributed by atoms with Crippen LogP contribution in [0.2, 0.25) is 0 Å². The van der Waals surface area contributed by atoms with E-state index in [9.17, 15) is 4.79 Å². The van der Waals surface area contributed by atoms with Crippen LogP contribution in [0.3, 0.4) is 0 Å². The molecule has 0 saturated carbocycles. The van der Waals surface area contributed by atoms with E-state index in [1.165, 1.54) is 0 Å². The quantitative estimate of drug-likeness (QED) is 0.842. The summed E-state index contributed by atoms with van der Waals surface area (Å²) in [6.45, 7) is 1.69. The average Bonchev–Trinajstić information content (AvgIpc) is 2.04. The molecule has 0 amide bonds. The molecule has 0 aliphatic rings. The van der Waals surface area contributed by atoms with Gasteiger partial charge in [-0.2, -0.15) is 0 Å². The van der Waals surface area contributed by atoms with Gasteiger partial charge in [-0.3, -0.25) is 4.79 Å². The maximum atomic E-state index is 10.6. The van der Waals surface area contributed by atoms with Crippen molar-refractivity contribution in [2.45, 2.75) is 12.8 Å². The number of carboxylic acid groups (broad SMARTS) is 1. The highest BCUT2D eigenvalue weighted by Crippen LogP contribution is 2.21. The van der Waals surface area contributed by atoms with E-state index in [1.807, 2.05) is 24.3 Å². The lowest BCUT2D eigenvalue weighted by atomic mass is 10.0. The fourth-order valence-electron chi connectivity index (χ4n) is 0.959. The predicted octanol–water partition coefficient (Wildman–Crippen LogP) is 2.48. The Balaban J connectivity index is 3.02. The first-order chi connectivity index (χ1) is 5.63. The Morgan fingerprint density at radius 3 is 2.58 bits per heavy atom. The highest BCUT2D eigenvalue weighted by Gasteiger charge is 2.15. The molecule has 1 N–H and O–H groups in total. The maximum Gasteiger partial charge on any atom is 0.310 e. The summed E-state index contributed by atoms with van der Waals surface area (Å²) in [5.74, 6) is -1.20. The van der Waals surface area contributed by atoms with Gasteiger partial charge in [0.25, 0.3) is 0 Å². The standard InChI is InChI=1S/C9H9IO2/c1-6(9(11)12)7-4-2-3-5-8(7)10/h2-6H,1H3,(H,11,12)/t6-/m0/s1. The van der Waals surface area contributed by atoms with Gasteiger partial charge in [0.15, 0.2) is 0 Å². The van der Waals surface area contributed by atoms with E-state index >= 15 is 0 Å². The molecular formula is C9H9IO2. The minimum Gasteiger partial charge on any atom is -0.481 e. The van der Waals surface area contributed by atoms with Gasteiger partial charge in [-0.15, -0.1) is 0 Å². The van der Waals surface area contributed by atoms with E-state index in [-0.39, 0.29) is 0 Å². The topological polar surface area (TPSA) is 37.3 Å². The number of hydrogen-bond donors (Lipinski definition) is 1. The molecule has 0 unspecified atom stereocenters. The molecule has 0 saturated heterocycles. The van der Waals surface area contributed by atoms with E-state index in [0.29, 0.717) is 0 Å². The number of halogens is 1. The molecule has 0 aliphatic carbocycles. The van der Waals surface area contributed by atoms with Crippen LogP contribution >= 0.6 is 22.6 Å². The Morgan fingerprint density at radius 1 is 1.50 bits per heavy atom. The summed E-state index contributed by atoms with van der Waals surface area (Å²) in [5.41, 5.74) is 0.880. The SMILES string of the molecule is C[C@H](C(=O)O)c1ccccc1I. The van der Waals surface area contributed by atoms with Crippen LogP contribution in [0, 0.1) is 3.57 Å². The second-order valence-electron chi connectivity index (χ2n) is 2.58. The number of rotatable bonds is 2. The lowest BCUT2D eigenvalue weighted by Gasteiger charge is -2.07. The number of carbonyl (C=O) groups is 1. The molecule has 64 valence electrons. The Kier molecular flexibility index (Phi) is 3.08. The summed E-state index contributed by atoms with van der Waals surface area (Å²) in [4.78, 5) is 10.6. The average molecular weight is 276 g/mol. The molecule has 1 atom stereocenters. The second-order valence-corrected chi connectivity index (χ2v) is 3.74. The van der Waals surface area contributed by atoms with E-state index < -0.39 is 11.9 Å². The summed E-state index contributed by atoms with van der Waals surface area (Å²) in [6, 6.07) is 7.52. The summed E-state index contributed by atoms with van der Waals surface area (Å²) < 4.78 is 1.00. The fourth-order valence-corrected chi connectivity index (χ4v) is 1.81. The number of aliphatic carboxylic acids is 1. The first-order valence-corrected chi connectivity index (χ1v) is 4.68. The van der Waals surface area contributed by atoms with Crippen LogP contribution in [0.1, 0.15) is 18.4 Å². The molecule has 2 nitrogen and oxygen atoms in total. The van der Waals surface area contributed by atoms with Gasteiger partial charge in [-0.05, 0) is 41.1 Å². The van der Waals surface area contributed by atoms with Gasteiger partial charge in [0.05, 0.1) is 5.92 Å². The zero-order chi connectivity index (χ0) is 9.14. The Bertz CT molecular complexity index is 296. The molecular weight excluding hydrogens is 267 g/mol. The Morgan fingerprint density at radius 2 is 2.08 bits per heavy atom. The van der Waals surface area contributed by atoms with Gasteiger partial charge in [0, 0.05) is 3.57 Å². The van der Waals surface area contributed by atoms with Gasteiger partial charge in [-0.25, -0.2) is 0 Å². The van der Waals surface area contributed by atoms with Crippen molar-refractivity contribution >= 4 is 28.6 Å². The van der Waals surface area contributed by atoms with Crippen molar-refractivity contribution in [1.82, 2.24) is 0 Å². The first kappa shape index (κ1) is 9.51. The molecule has 0 bridgehead atoms. The van der Waals surface area contributed by atoms with Crippen molar-refractivity contribution in [3.05, 3.63) is 33.4 Å². The third-order valence-corrected chi connectivity index (χ3v) is 2.72. The van der Waals surface area contributed by atoms with Crippen LogP contribution in [-0.2, 0) is 4.79 Å². The Labute approximate surface area is 84.7 Å². The lowest BCUT2D eigenvalue weighted by molar-refractivity contribution is -0.138. The zero-order valence-electron chi connectivity index (χ0n) is 6.62. The highest BCUT2D eigenvalue weighted by atomic mass is 127. The monoisotopic (exact) mass is 276 g/mol. The maximum absolute atomic E-state index is 10.6. The fraction of sp³-hybridized carbons (Fsp3) is 0.222. The van der Waals surface area contributed by atoms with Crippen molar-refractivity contribution < 1.29 is 9.90 Å². The molecule has 0 aliphatic heterocycles. The van der Waals surface area contributed by atoms with Crippen LogP contribution < -0.4 is 0 Å². The highest BCUT2D eigenvalue weighted by molar-refractivity contribution is 14.1. The third-order valence-electron chi connectivity index (χ3n) is 1.74. The summed E-state index contributed by atoms with van der Waals surface area (Å²) >= 11 is 2.15. The molecule has 0 spiro atoms. The van der Waals surface area contributed by atoms with Gasteiger partial charge < -0.3 is 5.11 Å². The zero-order valence-corrected chi connectivity index (χ0v) is 8.78. The second kappa shape index (κ2) is 3.89. The van der Waals surface area contributed by atoms with E-state index in [1.54, 1.807) is 6.92 Å². The normalized spacial score (nSPS) is 12.5. The van der Waals surface area contributed by atoms with E-state index in [0.717, 1.165) is 9.13 Å². The summed E-state index contributed by atoms with van der Waals surface area (Å²) in [6.07, 6.45) is 0. The first-order valence-electron chi connectivity index (χ1n) is 3.60. The largest absolute Gasteiger partial charge is 0.481 e. The summed E-state index contributed by atoms with van der Waals surface area (Å²) in [5, 5.41) is 8.76. The van der Waals surface area contributed by atoms with Gasteiger partial charge >= 0.3 is 5.97 Å². The van der Waals surface area contributed by atoms with Crippen molar-refractivity contribution in [1.29, 1.82) is 0 Å². The van der Waals surface area contributed by atoms with Gasteiger partial charge in [0.2, 0.25) is 0 Å². The minimum atomic E-state index is -0.779. The molecule has 1 rings (SSSR count).